The topological polar surface area (TPSA) is 81.4 Å². The molecule has 0 saturated heterocycles. The Labute approximate surface area is 141 Å². The summed E-state index contributed by atoms with van der Waals surface area (Å²) in [6, 6.07) is 3.98. The summed E-state index contributed by atoms with van der Waals surface area (Å²) in [5.74, 6) is -0.592. The van der Waals surface area contributed by atoms with Crippen LogP contribution >= 0.6 is 0 Å². The number of hydrogen-bond donors (Lipinski definition) is 1. The van der Waals surface area contributed by atoms with E-state index in [-0.39, 0.29) is 12.5 Å². The number of nitrogens with zero attached hydrogens (tertiary/aromatic N) is 1. The first-order valence-electron chi connectivity index (χ1n) is 7.83. The summed E-state index contributed by atoms with van der Waals surface area (Å²) in [4.78, 5) is 24.2. The van der Waals surface area contributed by atoms with Crippen molar-refractivity contribution in [2.24, 2.45) is 0 Å². The zero-order valence-electron chi connectivity index (χ0n) is 14.6. The van der Waals surface area contributed by atoms with Crippen LogP contribution < -0.4 is 5.32 Å². The summed E-state index contributed by atoms with van der Waals surface area (Å²) in [6.07, 6.45) is 0.551. The van der Waals surface area contributed by atoms with E-state index >= 15 is 0 Å². The molecule has 1 heterocycles. The number of ether oxygens (including phenoxy) is 1. The average molecular weight is 330 g/mol. The summed E-state index contributed by atoms with van der Waals surface area (Å²) >= 11 is 0. The third kappa shape index (κ3) is 3.82. The van der Waals surface area contributed by atoms with Crippen molar-refractivity contribution in [2.45, 2.75) is 41.0 Å². The molecule has 6 nitrogen and oxygen atoms in total. The van der Waals surface area contributed by atoms with Gasteiger partial charge in [0.1, 0.15) is 11.3 Å². The smallest absolute Gasteiger partial charge is 0.344 e. The van der Waals surface area contributed by atoms with Gasteiger partial charge in [0.15, 0.2) is 6.61 Å². The highest BCUT2D eigenvalue weighted by atomic mass is 16.5. The molecule has 1 aromatic carbocycles. The van der Waals surface area contributed by atoms with Gasteiger partial charge in [-0.3, -0.25) is 4.79 Å². The van der Waals surface area contributed by atoms with Crippen LogP contribution in [0.1, 0.15) is 45.4 Å². The molecule has 0 saturated carbocycles. The largest absolute Gasteiger partial charge is 0.452 e. The summed E-state index contributed by atoms with van der Waals surface area (Å²) in [7, 11) is 0. The van der Waals surface area contributed by atoms with Crippen molar-refractivity contribution >= 4 is 17.6 Å². The number of carbonyl (C=O) groups is 2. The van der Waals surface area contributed by atoms with Gasteiger partial charge >= 0.3 is 5.97 Å². The van der Waals surface area contributed by atoms with Crippen molar-refractivity contribution < 1.29 is 18.8 Å². The van der Waals surface area contributed by atoms with E-state index in [0.29, 0.717) is 23.4 Å². The van der Waals surface area contributed by atoms with Crippen LogP contribution in [-0.2, 0) is 16.0 Å². The van der Waals surface area contributed by atoms with Gasteiger partial charge in [-0.05, 0) is 45.2 Å². The fourth-order valence-corrected chi connectivity index (χ4v) is 2.68. The molecule has 1 aromatic heterocycles. The van der Waals surface area contributed by atoms with Crippen LogP contribution in [0.2, 0.25) is 0 Å². The number of benzene rings is 1. The molecule has 0 atom stereocenters. The van der Waals surface area contributed by atoms with Crippen LogP contribution in [0.4, 0.5) is 5.69 Å². The maximum absolute atomic E-state index is 12.1. The first-order chi connectivity index (χ1) is 11.3. The second-order valence-corrected chi connectivity index (χ2v) is 5.81. The minimum atomic E-state index is -0.599. The number of carbonyl (C=O) groups excluding carboxylic acids is 2. The highest BCUT2D eigenvalue weighted by molar-refractivity contribution is 5.97. The van der Waals surface area contributed by atoms with Crippen molar-refractivity contribution in [2.75, 3.05) is 11.9 Å². The summed E-state index contributed by atoms with van der Waals surface area (Å²) in [5, 5.41) is 6.60. The van der Waals surface area contributed by atoms with E-state index in [4.69, 9.17) is 9.26 Å². The molecule has 24 heavy (non-hydrogen) atoms. The molecule has 0 aliphatic carbocycles. The number of amides is 1. The number of anilines is 1. The minimum Gasteiger partial charge on any atom is -0.452 e. The number of aryl methyl sites for hydroxylation is 5. The van der Waals surface area contributed by atoms with Crippen LogP contribution in [0.5, 0.6) is 0 Å². The number of hydrogen-bond acceptors (Lipinski definition) is 5. The highest BCUT2D eigenvalue weighted by Crippen LogP contribution is 2.22. The summed E-state index contributed by atoms with van der Waals surface area (Å²) in [6.45, 7) is 9.00. The molecule has 128 valence electrons. The molecule has 2 rings (SSSR count). The molecule has 0 radical (unpaired) electrons. The lowest BCUT2D eigenvalue weighted by Crippen LogP contribution is -2.22. The summed E-state index contributed by atoms with van der Waals surface area (Å²) < 4.78 is 10.1. The van der Waals surface area contributed by atoms with Gasteiger partial charge in [-0.25, -0.2) is 4.79 Å². The number of esters is 1. The highest BCUT2D eigenvalue weighted by Gasteiger charge is 2.21. The van der Waals surface area contributed by atoms with Gasteiger partial charge in [0.2, 0.25) is 0 Å². The van der Waals surface area contributed by atoms with Crippen molar-refractivity contribution in [3.05, 3.63) is 45.8 Å². The van der Waals surface area contributed by atoms with Gasteiger partial charge < -0.3 is 14.6 Å². The van der Waals surface area contributed by atoms with Crippen molar-refractivity contribution in [3.8, 4) is 0 Å². The lowest BCUT2D eigenvalue weighted by molar-refractivity contribution is -0.119. The molecule has 0 fully saturated rings. The molecule has 6 heteroatoms. The van der Waals surface area contributed by atoms with E-state index in [2.05, 4.69) is 10.5 Å². The van der Waals surface area contributed by atoms with Crippen molar-refractivity contribution in [3.63, 3.8) is 0 Å². The van der Waals surface area contributed by atoms with E-state index in [1.165, 1.54) is 0 Å². The van der Waals surface area contributed by atoms with Gasteiger partial charge in [0.05, 0.1) is 5.69 Å². The van der Waals surface area contributed by atoms with E-state index in [1.807, 2.05) is 39.8 Å². The Balaban J connectivity index is 2.01. The Bertz CT molecular complexity index is 754. The molecule has 0 spiro atoms. The molecule has 0 unspecified atom stereocenters. The molecule has 2 aromatic rings. The molecular weight excluding hydrogens is 308 g/mol. The average Bonchev–Trinajstić information content (AvgIpc) is 2.89. The third-order valence-electron chi connectivity index (χ3n) is 3.75. The van der Waals surface area contributed by atoms with E-state index in [1.54, 1.807) is 6.92 Å². The van der Waals surface area contributed by atoms with Crippen molar-refractivity contribution in [1.29, 1.82) is 0 Å². The van der Waals surface area contributed by atoms with Crippen LogP contribution in [0, 0.1) is 27.7 Å². The molecular formula is C18H22N2O4. The van der Waals surface area contributed by atoms with Gasteiger partial charge in [0.25, 0.3) is 5.91 Å². The zero-order chi connectivity index (χ0) is 17.9. The Hall–Kier alpha value is -2.63. The number of rotatable bonds is 5. The predicted molar refractivity (Wildman–Crippen MR) is 90.2 cm³/mol. The van der Waals surface area contributed by atoms with Gasteiger partial charge in [-0.2, -0.15) is 0 Å². The fourth-order valence-electron chi connectivity index (χ4n) is 2.68. The van der Waals surface area contributed by atoms with Crippen LogP contribution in [0.25, 0.3) is 0 Å². The number of aromatic nitrogens is 1. The molecule has 1 N–H and O–H groups in total. The van der Waals surface area contributed by atoms with Crippen molar-refractivity contribution in [1.82, 2.24) is 5.16 Å². The molecule has 1 amide bonds. The second-order valence-electron chi connectivity index (χ2n) is 5.81. The van der Waals surface area contributed by atoms with Crippen LogP contribution in [0.3, 0.4) is 0 Å². The van der Waals surface area contributed by atoms with E-state index in [0.717, 1.165) is 22.4 Å². The Kier molecular flexibility index (Phi) is 5.39. The molecule has 0 aliphatic rings. The maximum Gasteiger partial charge on any atom is 0.344 e. The lowest BCUT2D eigenvalue weighted by atomic mass is 10.1. The standard InChI is InChI=1S/C18H22N2O4/c1-6-14-16(13(5)24-20-14)18(22)23-9-15(21)19-17-11(3)7-10(2)8-12(17)4/h7-8H,6,9H2,1-5H3,(H,19,21). The Morgan fingerprint density at radius 3 is 2.38 bits per heavy atom. The molecule has 0 bridgehead atoms. The second kappa shape index (κ2) is 7.29. The normalized spacial score (nSPS) is 10.5. The Morgan fingerprint density at radius 2 is 1.79 bits per heavy atom. The lowest BCUT2D eigenvalue weighted by Gasteiger charge is -2.13. The van der Waals surface area contributed by atoms with E-state index in [9.17, 15) is 9.59 Å². The fraction of sp³-hybridized carbons (Fsp3) is 0.389. The van der Waals surface area contributed by atoms with Gasteiger partial charge in [-0.15, -0.1) is 0 Å². The predicted octanol–water partition coefficient (Wildman–Crippen LogP) is 3.27. The quantitative estimate of drug-likeness (QED) is 0.851. The van der Waals surface area contributed by atoms with Crippen LogP contribution in [0.15, 0.2) is 16.7 Å². The Morgan fingerprint density at radius 1 is 1.17 bits per heavy atom. The van der Waals surface area contributed by atoms with E-state index < -0.39 is 5.97 Å². The number of nitrogens with one attached hydrogen (secondary N) is 1. The maximum atomic E-state index is 12.1. The van der Waals surface area contributed by atoms with Gasteiger partial charge in [0, 0.05) is 5.69 Å². The van der Waals surface area contributed by atoms with Gasteiger partial charge in [-0.1, -0.05) is 29.8 Å². The minimum absolute atomic E-state index is 0.299. The first-order valence-corrected chi connectivity index (χ1v) is 7.83. The first kappa shape index (κ1) is 17.7. The third-order valence-corrected chi connectivity index (χ3v) is 3.75. The molecule has 0 aliphatic heterocycles. The summed E-state index contributed by atoms with van der Waals surface area (Å²) in [5.41, 5.74) is 4.64. The zero-order valence-corrected chi connectivity index (χ0v) is 14.6. The monoisotopic (exact) mass is 330 g/mol. The SMILES string of the molecule is CCc1noc(C)c1C(=O)OCC(=O)Nc1c(C)cc(C)cc1C. The van der Waals surface area contributed by atoms with Crippen LogP contribution in [-0.4, -0.2) is 23.6 Å².